The summed E-state index contributed by atoms with van der Waals surface area (Å²) in [5.74, 6) is -0.281. The Balaban J connectivity index is -0.000000270. The Hall–Kier alpha value is -1.09. The average molecular weight is 256 g/mol. The molecule has 0 aromatic carbocycles. The third-order valence-electron chi connectivity index (χ3n) is 2.09. The first-order valence-electron chi connectivity index (χ1n) is 6.82. The Bertz CT molecular complexity index is 191. The fourth-order valence-electron chi connectivity index (χ4n) is 1.10. The van der Waals surface area contributed by atoms with Crippen LogP contribution in [0, 0.1) is 0 Å². The molecular weight excluding hydrogens is 224 g/mol. The number of likely N-dealkylation sites (N-methyl/N-ethyl adjacent to an activating group) is 1. The Morgan fingerprint density at radius 2 is 1.78 bits per heavy atom. The summed E-state index contributed by atoms with van der Waals surface area (Å²) < 4.78 is 0. The highest BCUT2D eigenvalue weighted by Crippen LogP contribution is 1.99. The predicted octanol–water partition coefficient (Wildman–Crippen LogP) is 3.41. The average Bonchev–Trinajstić information content (AvgIpc) is 2.38. The van der Waals surface area contributed by atoms with Gasteiger partial charge in [-0.1, -0.05) is 39.3 Å². The fraction of sp³-hybridized carbons (Fsp3) is 0.667. The lowest BCUT2D eigenvalue weighted by atomic mass is 10.1. The van der Waals surface area contributed by atoms with Crippen molar-refractivity contribution in [3.8, 4) is 0 Å². The second kappa shape index (κ2) is 21.2. The van der Waals surface area contributed by atoms with E-state index < -0.39 is 0 Å². The Morgan fingerprint density at radius 1 is 1.28 bits per heavy atom. The van der Waals surface area contributed by atoms with Gasteiger partial charge in [0.05, 0.1) is 6.04 Å². The van der Waals surface area contributed by atoms with Crippen LogP contribution in [-0.2, 0) is 4.79 Å². The molecule has 0 aliphatic heterocycles. The van der Waals surface area contributed by atoms with Gasteiger partial charge in [-0.2, -0.15) is 0 Å². The standard InChI is InChI=1S/C8H16N2O.C5H10.C2H6/c1-3-4-5-6-7(10-2)8(9)11;1-3-5-4-2;1-2/h3,7,10H,1,4-6H2,2H3,(H2,9,11);3H,1,4-5H2,2H3;1-2H3. The Kier molecular flexibility index (Phi) is 26.1. The van der Waals surface area contributed by atoms with Gasteiger partial charge in [0.15, 0.2) is 0 Å². The zero-order valence-electron chi connectivity index (χ0n) is 12.7. The normalized spacial score (nSPS) is 10.0. The molecule has 0 aliphatic rings. The molecule has 0 saturated heterocycles. The quantitative estimate of drug-likeness (QED) is 0.516. The van der Waals surface area contributed by atoms with Crippen LogP contribution < -0.4 is 11.1 Å². The summed E-state index contributed by atoms with van der Waals surface area (Å²) in [6.07, 6.45) is 8.83. The summed E-state index contributed by atoms with van der Waals surface area (Å²) in [6, 6.07) is -0.185. The van der Waals surface area contributed by atoms with Gasteiger partial charge in [0.25, 0.3) is 0 Å². The number of hydrogen-bond donors (Lipinski definition) is 2. The summed E-state index contributed by atoms with van der Waals surface area (Å²) in [6.45, 7) is 13.3. The minimum absolute atomic E-state index is 0.185. The summed E-state index contributed by atoms with van der Waals surface area (Å²) >= 11 is 0. The first kappa shape index (κ1) is 22.1. The van der Waals surface area contributed by atoms with E-state index >= 15 is 0 Å². The van der Waals surface area contributed by atoms with Crippen LogP contribution in [0.2, 0.25) is 0 Å². The van der Waals surface area contributed by atoms with Crippen molar-refractivity contribution in [1.82, 2.24) is 5.32 Å². The Labute approximate surface area is 114 Å². The van der Waals surface area contributed by atoms with Crippen LogP contribution in [0.15, 0.2) is 25.3 Å². The van der Waals surface area contributed by atoms with Gasteiger partial charge in [-0.15, -0.1) is 13.2 Å². The van der Waals surface area contributed by atoms with E-state index in [9.17, 15) is 4.79 Å². The lowest BCUT2D eigenvalue weighted by molar-refractivity contribution is -0.120. The van der Waals surface area contributed by atoms with E-state index in [1.807, 2.05) is 26.0 Å². The van der Waals surface area contributed by atoms with Gasteiger partial charge in [0.2, 0.25) is 5.91 Å². The van der Waals surface area contributed by atoms with Gasteiger partial charge < -0.3 is 11.1 Å². The summed E-state index contributed by atoms with van der Waals surface area (Å²) in [4.78, 5) is 10.7. The van der Waals surface area contributed by atoms with Gasteiger partial charge >= 0.3 is 0 Å². The molecule has 3 nitrogen and oxygen atoms in total. The molecule has 1 amide bonds. The zero-order chi connectivity index (χ0) is 14.8. The van der Waals surface area contributed by atoms with Crippen molar-refractivity contribution >= 4 is 5.91 Å². The fourth-order valence-corrected chi connectivity index (χ4v) is 1.10. The van der Waals surface area contributed by atoms with E-state index in [2.05, 4.69) is 25.4 Å². The summed E-state index contributed by atoms with van der Waals surface area (Å²) in [7, 11) is 1.74. The monoisotopic (exact) mass is 256 g/mol. The molecule has 0 rings (SSSR count). The molecule has 18 heavy (non-hydrogen) atoms. The zero-order valence-corrected chi connectivity index (χ0v) is 12.7. The lowest BCUT2D eigenvalue weighted by Crippen LogP contribution is -2.38. The number of unbranched alkanes of at least 4 members (excludes halogenated alkanes) is 2. The molecule has 0 saturated carbocycles. The van der Waals surface area contributed by atoms with Gasteiger partial charge in [0, 0.05) is 0 Å². The predicted molar refractivity (Wildman–Crippen MR) is 82.5 cm³/mol. The summed E-state index contributed by atoms with van der Waals surface area (Å²) in [5.41, 5.74) is 5.10. The van der Waals surface area contributed by atoms with Crippen LogP contribution in [0.3, 0.4) is 0 Å². The first-order chi connectivity index (χ1) is 8.63. The molecule has 0 spiro atoms. The van der Waals surface area contributed by atoms with Crippen molar-refractivity contribution in [2.75, 3.05) is 7.05 Å². The van der Waals surface area contributed by atoms with E-state index in [0.29, 0.717) is 0 Å². The number of allylic oxidation sites excluding steroid dienone is 2. The van der Waals surface area contributed by atoms with Crippen molar-refractivity contribution in [3.63, 3.8) is 0 Å². The van der Waals surface area contributed by atoms with Crippen molar-refractivity contribution < 1.29 is 4.79 Å². The molecule has 0 aromatic rings. The molecule has 0 aromatic heterocycles. The molecule has 1 unspecified atom stereocenters. The van der Waals surface area contributed by atoms with Crippen LogP contribution in [0.1, 0.15) is 52.9 Å². The van der Waals surface area contributed by atoms with Crippen molar-refractivity contribution in [2.45, 2.75) is 58.9 Å². The van der Waals surface area contributed by atoms with Crippen LogP contribution in [-0.4, -0.2) is 19.0 Å². The minimum Gasteiger partial charge on any atom is -0.368 e. The first-order valence-corrected chi connectivity index (χ1v) is 6.82. The summed E-state index contributed by atoms with van der Waals surface area (Å²) in [5, 5.41) is 2.85. The number of carbonyl (C=O) groups excluding carboxylic acids is 1. The maximum atomic E-state index is 10.7. The highest BCUT2D eigenvalue weighted by atomic mass is 16.1. The van der Waals surface area contributed by atoms with E-state index in [1.54, 1.807) is 7.05 Å². The van der Waals surface area contributed by atoms with E-state index in [0.717, 1.165) is 25.7 Å². The topological polar surface area (TPSA) is 55.1 Å². The van der Waals surface area contributed by atoms with Crippen LogP contribution in [0.25, 0.3) is 0 Å². The Morgan fingerprint density at radius 3 is 2.00 bits per heavy atom. The molecular formula is C15H32N2O. The van der Waals surface area contributed by atoms with Crippen LogP contribution in [0.4, 0.5) is 0 Å². The number of nitrogens with one attached hydrogen (secondary N) is 1. The SMILES string of the molecule is C=CCCC.C=CCCCC(NC)C(N)=O.CC. The molecule has 108 valence electrons. The minimum atomic E-state index is -0.281. The number of hydrogen-bond acceptors (Lipinski definition) is 2. The van der Waals surface area contributed by atoms with Crippen LogP contribution in [0.5, 0.6) is 0 Å². The van der Waals surface area contributed by atoms with Gasteiger partial charge in [-0.05, 0) is 32.7 Å². The maximum absolute atomic E-state index is 10.7. The number of carbonyl (C=O) groups is 1. The van der Waals surface area contributed by atoms with E-state index in [4.69, 9.17) is 5.73 Å². The molecule has 3 N–H and O–H groups in total. The van der Waals surface area contributed by atoms with E-state index in [1.165, 1.54) is 6.42 Å². The molecule has 0 heterocycles. The third-order valence-corrected chi connectivity index (χ3v) is 2.09. The van der Waals surface area contributed by atoms with Crippen molar-refractivity contribution in [1.29, 1.82) is 0 Å². The van der Waals surface area contributed by atoms with Crippen molar-refractivity contribution in [3.05, 3.63) is 25.3 Å². The lowest BCUT2D eigenvalue weighted by Gasteiger charge is -2.10. The van der Waals surface area contributed by atoms with E-state index in [-0.39, 0.29) is 11.9 Å². The number of rotatable bonds is 8. The molecule has 0 fully saturated rings. The van der Waals surface area contributed by atoms with Crippen molar-refractivity contribution in [2.24, 2.45) is 5.73 Å². The second-order valence-electron chi connectivity index (χ2n) is 3.54. The smallest absolute Gasteiger partial charge is 0.234 e. The largest absolute Gasteiger partial charge is 0.368 e. The molecule has 0 radical (unpaired) electrons. The second-order valence-corrected chi connectivity index (χ2v) is 3.54. The molecule has 0 aliphatic carbocycles. The molecule has 3 heteroatoms. The number of primary amides is 1. The van der Waals surface area contributed by atoms with Crippen LogP contribution >= 0.6 is 0 Å². The molecule has 1 atom stereocenters. The highest BCUT2D eigenvalue weighted by molar-refractivity contribution is 5.79. The molecule has 0 bridgehead atoms. The highest BCUT2D eigenvalue weighted by Gasteiger charge is 2.10. The van der Waals surface area contributed by atoms with Gasteiger partial charge in [-0.3, -0.25) is 4.79 Å². The van der Waals surface area contributed by atoms with Gasteiger partial charge in [-0.25, -0.2) is 0 Å². The number of amides is 1. The van der Waals surface area contributed by atoms with Gasteiger partial charge in [0.1, 0.15) is 0 Å². The number of nitrogens with two attached hydrogens (primary N) is 1. The third kappa shape index (κ3) is 20.3. The maximum Gasteiger partial charge on any atom is 0.234 e.